The maximum atomic E-state index is 14.2. The number of nitrogens with one attached hydrogen (secondary N) is 2. The zero-order valence-electron chi connectivity index (χ0n) is 28.2. The maximum absolute atomic E-state index is 14.2. The fourth-order valence-corrected chi connectivity index (χ4v) is 7.86. The van der Waals surface area contributed by atoms with Crippen LogP contribution in [0.1, 0.15) is 74.2 Å². The summed E-state index contributed by atoms with van der Waals surface area (Å²) in [4.78, 5) is 45.2. The molecule has 256 valence electrons. The summed E-state index contributed by atoms with van der Waals surface area (Å²) in [6, 6.07) is 9.18. The van der Waals surface area contributed by atoms with E-state index in [1.807, 2.05) is 37.3 Å². The first-order valence-electron chi connectivity index (χ1n) is 17.5. The molecule has 47 heavy (non-hydrogen) atoms. The van der Waals surface area contributed by atoms with Crippen LogP contribution in [0.15, 0.2) is 42.7 Å². The zero-order valence-corrected chi connectivity index (χ0v) is 28.2. The number of ether oxygens (including phenoxy) is 2. The third kappa shape index (κ3) is 7.90. The van der Waals surface area contributed by atoms with Crippen molar-refractivity contribution in [2.45, 2.75) is 83.2 Å². The van der Waals surface area contributed by atoms with Crippen LogP contribution in [-0.2, 0) is 25.6 Å². The van der Waals surface area contributed by atoms with Crippen LogP contribution in [0, 0.1) is 23.2 Å². The van der Waals surface area contributed by atoms with E-state index in [4.69, 9.17) is 9.47 Å². The molecule has 1 aromatic heterocycles. The second-order valence-corrected chi connectivity index (χ2v) is 14.4. The summed E-state index contributed by atoms with van der Waals surface area (Å²) in [6.07, 6.45) is 12.4. The third-order valence-corrected chi connectivity index (χ3v) is 10.9. The topological polar surface area (TPSA) is 118 Å². The Morgan fingerprint density at radius 3 is 2.45 bits per heavy atom. The molecule has 2 aliphatic heterocycles. The van der Waals surface area contributed by atoms with Crippen LogP contribution >= 0.6 is 0 Å². The molecule has 4 atom stereocenters. The van der Waals surface area contributed by atoms with Gasteiger partial charge in [-0.25, -0.2) is 0 Å². The number of rotatable bonds is 14. The van der Waals surface area contributed by atoms with Gasteiger partial charge in [-0.3, -0.25) is 24.0 Å². The van der Waals surface area contributed by atoms with Crippen molar-refractivity contribution in [1.82, 2.24) is 30.2 Å². The van der Waals surface area contributed by atoms with Gasteiger partial charge in [0.1, 0.15) is 12.3 Å². The van der Waals surface area contributed by atoms with E-state index in [9.17, 15) is 14.4 Å². The highest BCUT2D eigenvalue weighted by molar-refractivity contribution is 5.95. The fraction of sp³-hybridized carbons (Fsp3) is 0.667. The molecule has 11 heteroatoms. The smallest absolute Gasteiger partial charge is 0.257 e. The number of benzene rings is 1. The van der Waals surface area contributed by atoms with Gasteiger partial charge in [-0.1, -0.05) is 62.4 Å². The SMILES string of the molecule is CNC(=O)[C@@H](NC(=O)[C@H]1CN(C(=O)c2cnn(Cc3ccccc3)c2)CC12CN(C(CC1CC1)OC)C2)[C@@H](C)OCC1CCCCC1. The largest absolute Gasteiger partial charge is 0.376 e. The van der Waals surface area contributed by atoms with E-state index in [0.717, 1.165) is 24.8 Å². The molecule has 2 aliphatic carbocycles. The number of carbonyl (C=O) groups is 3. The first-order chi connectivity index (χ1) is 22.8. The predicted molar refractivity (Wildman–Crippen MR) is 177 cm³/mol. The number of carbonyl (C=O) groups excluding carboxylic acids is 3. The van der Waals surface area contributed by atoms with Crippen molar-refractivity contribution in [1.29, 1.82) is 0 Å². The van der Waals surface area contributed by atoms with Gasteiger partial charge in [-0.15, -0.1) is 0 Å². The van der Waals surface area contributed by atoms with Crippen LogP contribution in [0.5, 0.6) is 0 Å². The van der Waals surface area contributed by atoms with Gasteiger partial charge < -0.3 is 25.0 Å². The summed E-state index contributed by atoms with van der Waals surface area (Å²) in [5.41, 5.74) is 1.17. The molecule has 2 saturated carbocycles. The second-order valence-electron chi connectivity index (χ2n) is 14.4. The number of amides is 3. The molecule has 2 saturated heterocycles. The highest BCUT2D eigenvalue weighted by Crippen LogP contribution is 2.47. The Hall–Kier alpha value is -3.28. The molecule has 0 radical (unpaired) electrons. The predicted octanol–water partition coefficient (Wildman–Crippen LogP) is 3.29. The fourth-order valence-electron chi connectivity index (χ4n) is 7.86. The highest BCUT2D eigenvalue weighted by Gasteiger charge is 2.59. The lowest BCUT2D eigenvalue weighted by atomic mass is 9.70. The first kappa shape index (κ1) is 33.6. The molecule has 4 aliphatic rings. The van der Waals surface area contributed by atoms with Gasteiger partial charge in [0, 0.05) is 58.6 Å². The molecule has 1 spiro atoms. The lowest BCUT2D eigenvalue weighted by Crippen LogP contribution is -2.66. The molecule has 2 N–H and O–H groups in total. The summed E-state index contributed by atoms with van der Waals surface area (Å²) in [5.74, 6) is 0.0985. The molecule has 1 unspecified atom stereocenters. The van der Waals surface area contributed by atoms with Crippen molar-refractivity contribution in [2.24, 2.45) is 23.2 Å². The molecule has 4 fully saturated rings. The van der Waals surface area contributed by atoms with Crippen LogP contribution in [0.25, 0.3) is 0 Å². The van der Waals surface area contributed by atoms with Gasteiger partial charge in [-0.05, 0) is 43.6 Å². The molecular weight excluding hydrogens is 596 g/mol. The summed E-state index contributed by atoms with van der Waals surface area (Å²) >= 11 is 0. The van der Waals surface area contributed by atoms with E-state index >= 15 is 0 Å². The normalized spacial score (nSPS) is 23.2. The van der Waals surface area contributed by atoms with Crippen LogP contribution in [0.4, 0.5) is 0 Å². The Labute approximate surface area is 278 Å². The standard InChI is InChI=1S/C36H52N6O5/c1-25(47-21-28-12-8-5-9-13-28)32(34(44)37-2)39-33(43)30-20-40(22-36(30)23-41(24-36)31(46-3)16-26-14-15-26)35(45)29-17-38-42(19-29)18-27-10-6-4-7-11-27/h4,6-7,10-11,17,19,25-26,28,30-32H,5,8-9,12-16,18,20-24H2,1-3H3,(H,37,44)(H,39,43)/t25-,30-,31?,32+/m1/s1. The van der Waals surface area contributed by atoms with E-state index in [-0.39, 0.29) is 30.5 Å². The lowest BCUT2D eigenvalue weighted by molar-refractivity contribution is -0.155. The van der Waals surface area contributed by atoms with E-state index in [2.05, 4.69) is 20.6 Å². The van der Waals surface area contributed by atoms with Gasteiger partial charge in [0.25, 0.3) is 5.91 Å². The molecule has 11 nitrogen and oxygen atoms in total. The van der Waals surface area contributed by atoms with Crippen molar-refractivity contribution < 1.29 is 23.9 Å². The minimum absolute atomic E-state index is 0.00429. The van der Waals surface area contributed by atoms with E-state index < -0.39 is 23.5 Å². The summed E-state index contributed by atoms with van der Waals surface area (Å²) in [5, 5.41) is 10.2. The van der Waals surface area contributed by atoms with Gasteiger partial charge in [0.05, 0.1) is 30.3 Å². The molecular formula is C36H52N6O5. The van der Waals surface area contributed by atoms with Crippen molar-refractivity contribution in [2.75, 3.05) is 46.9 Å². The van der Waals surface area contributed by atoms with Gasteiger partial charge >= 0.3 is 0 Å². The minimum Gasteiger partial charge on any atom is -0.376 e. The molecule has 1 aromatic carbocycles. The molecule has 3 heterocycles. The van der Waals surface area contributed by atoms with Crippen molar-refractivity contribution in [3.8, 4) is 0 Å². The monoisotopic (exact) mass is 648 g/mol. The van der Waals surface area contributed by atoms with Crippen LogP contribution in [0.2, 0.25) is 0 Å². The van der Waals surface area contributed by atoms with Crippen molar-refractivity contribution >= 4 is 17.7 Å². The Morgan fingerprint density at radius 2 is 1.77 bits per heavy atom. The van der Waals surface area contributed by atoms with Crippen LogP contribution in [-0.4, -0.2) is 103 Å². The van der Waals surface area contributed by atoms with Crippen molar-refractivity contribution in [3.05, 3.63) is 53.9 Å². The van der Waals surface area contributed by atoms with E-state index in [1.165, 1.54) is 32.1 Å². The number of hydrogen-bond acceptors (Lipinski definition) is 7. The minimum atomic E-state index is -0.827. The third-order valence-electron chi connectivity index (χ3n) is 10.9. The van der Waals surface area contributed by atoms with Crippen LogP contribution < -0.4 is 10.6 Å². The number of hydrogen-bond donors (Lipinski definition) is 2. The van der Waals surface area contributed by atoms with Gasteiger partial charge in [-0.2, -0.15) is 5.10 Å². The molecule has 6 rings (SSSR count). The van der Waals surface area contributed by atoms with E-state index in [0.29, 0.717) is 50.2 Å². The maximum Gasteiger partial charge on any atom is 0.257 e. The number of nitrogens with zero attached hydrogens (tertiary/aromatic N) is 4. The average Bonchev–Trinajstić information content (AvgIpc) is 3.62. The highest BCUT2D eigenvalue weighted by atomic mass is 16.5. The summed E-state index contributed by atoms with van der Waals surface area (Å²) in [6.45, 7) is 5.08. The Morgan fingerprint density at radius 1 is 1.02 bits per heavy atom. The number of methoxy groups -OCH3 is 1. The first-order valence-corrected chi connectivity index (χ1v) is 17.5. The Balaban J connectivity index is 1.16. The van der Waals surface area contributed by atoms with Gasteiger partial charge in [0.2, 0.25) is 11.8 Å². The number of likely N-dealkylation sites (tertiary alicyclic amines) is 2. The lowest BCUT2D eigenvalue weighted by Gasteiger charge is -2.53. The number of likely N-dealkylation sites (N-methyl/N-ethyl adjacent to an activating group) is 1. The second kappa shape index (κ2) is 14.9. The van der Waals surface area contributed by atoms with E-state index in [1.54, 1.807) is 36.1 Å². The zero-order chi connectivity index (χ0) is 33.0. The summed E-state index contributed by atoms with van der Waals surface area (Å²) < 4.78 is 13.9. The van der Waals surface area contributed by atoms with Crippen LogP contribution in [0.3, 0.4) is 0 Å². The molecule has 2 aromatic rings. The number of aromatic nitrogens is 2. The Bertz CT molecular complexity index is 1370. The van der Waals surface area contributed by atoms with Crippen molar-refractivity contribution in [3.63, 3.8) is 0 Å². The Kier molecular flexibility index (Phi) is 10.6. The quantitative estimate of drug-likeness (QED) is 0.323. The summed E-state index contributed by atoms with van der Waals surface area (Å²) in [7, 11) is 3.34. The van der Waals surface area contributed by atoms with Gasteiger partial charge in [0.15, 0.2) is 0 Å². The molecule has 3 amide bonds. The average molecular weight is 649 g/mol. The molecule has 0 bridgehead atoms.